The number of nitrogens with zero attached hydrogens (tertiary/aromatic N) is 2. The van der Waals surface area contributed by atoms with Gasteiger partial charge in [0.05, 0.1) is 0 Å². The maximum Gasteiger partial charge on any atom is 0.266 e. The molecule has 186 valence electrons. The highest BCUT2D eigenvalue weighted by molar-refractivity contribution is 9.10. The number of nitrogens with one attached hydrogen (secondary N) is 1. The van der Waals surface area contributed by atoms with Gasteiger partial charge in [0.1, 0.15) is 24.0 Å². The van der Waals surface area contributed by atoms with Crippen LogP contribution in [0.25, 0.3) is 11.8 Å². The van der Waals surface area contributed by atoms with Gasteiger partial charge < -0.3 is 14.6 Å². The van der Waals surface area contributed by atoms with Gasteiger partial charge >= 0.3 is 0 Å². The number of hydrogen-bond acceptors (Lipinski definition) is 3. The van der Waals surface area contributed by atoms with E-state index in [1.165, 1.54) is 0 Å². The van der Waals surface area contributed by atoms with Gasteiger partial charge in [-0.1, -0.05) is 45.7 Å². The molecule has 0 radical (unpaired) electrons. The number of nitriles is 1. The molecule has 4 aromatic rings. The normalized spacial score (nSPS) is 11.2. The Hall–Kier alpha value is -3.79. The van der Waals surface area contributed by atoms with Gasteiger partial charge in [-0.2, -0.15) is 5.26 Å². The molecule has 0 spiro atoms. The van der Waals surface area contributed by atoms with E-state index in [9.17, 15) is 10.1 Å². The first-order chi connectivity index (χ1) is 17.7. The van der Waals surface area contributed by atoms with Crippen LogP contribution >= 0.6 is 27.5 Å². The fourth-order valence-corrected chi connectivity index (χ4v) is 4.43. The van der Waals surface area contributed by atoms with Crippen molar-refractivity contribution in [3.63, 3.8) is 0 Å². The number of halogens is 2. The molecule has 0 fully saturated rings. The summed E-state index contributed by atoms with van der Waals surface area (Å²) >= 11 is 9.50. The van der Waals surface area contributed by atoms with Crippen LogP contribution in [0.15, 0.2) is 82.8 Å². The molecular formula is C30H25BrClN3O2. The lowest BCUT2D eigenvalue weighted by Crippen LogP contribution is -2.14. The van der Waals surface area contributed by atoms with Crippen molar-refractivity contribution in [2.24, 2.45) is 0 Å². The molecule has 1 N–H and O–H groups in total. The maximum atomic E-state index is 12.8. The molecule has 0 aliphatic heterocycles. The van der Waals surface area contributed by atoms with Crippen molar-refractivity contribution in [2.75, 3.05) is 5.32 Å². The molecule has 4 rings (SSSR count). The highest BCUT2D eigenvalue weighted by Gasteiger charge is 2.15. The average Bonchev–Trinajstić information content (AvgIpc) is 3.17. The minimum absolute atomic E-state index is 0.0105. The van der Waals surface area contributed by atoms with Crippen LogP contribution < -0.4 is 10.1 Å². The molecule has 1 amide bonds. The Morgan fingerprint density at radius 2 is 1.76 bits per heavy atom. The number of benzene rings is 3. The molecule has 0 aliphatic carbocycles. The SMILES string of the molecule is Cc1ccc(Cl)cc1NC(=O)/C(C#N)=C\c1cc(C)n(-c2ccc(OCc3ccc(Br)cc3)cc2)c1C. The molecule has 3 aromatic carbocycles. The molecule has 7 heteroatoms. The topological polar surface area (TPSA) is 67.0 Å². The van der Waals surface area contributed by atoms with Gasteiger partial charge in [0.25, 0.3) is 5.91 Å². The van der Waals surface area contributed by atoms with Crippen LogP contribution in [0.5, 0.6) is 5.75 Å². The molecule has 0 saturated carbocycles. The van der Waals surface area contributed by atoms with E-state index in [-0.39, 0.29) is 5.57 Å². The molecule has 0 atom stereocenters. The van der Waals surface area contributed by atoms with E-state index in [0.29, 0.717) is 17.3 Å². The van der Waals surface area contributed by atoms with Crippen molar-refractivity contribution in [1.29, 1.82) is 5.26 Å². The average molecular weight is 575 g/mol. The highest BCUT2D eigenvalue weighted by Crippen LogP contribution is 2.26. The summed E-state index contributed by atoms with van der Waals surface area (Å²) in [4.78, 5) is 12.8. The molecule has 1 heterocycles. The van der Waals surface area contributed by atoms with Crippen LogP contribution in [0.1, 0.15) is 28.1 Å². The van der Waals surface area contributed by atoms with Gasteiger partial charge in [0.2, 0.25) is 0 Å². The van der Waals surface area contributed by atoms with Crippen LogP contribution in [0.2, 0.25) is 5.02 Å². The fraction of sp³-hybridized carbons (Fsp3) is 0.133. The Bertz CT molecular complexity index is 1510. The number of ether oxygens (including phenoxy) is 1. The van der Waals surface area contributed by atoms with Gasteiger partial charge in [0.15, 0.2) is 0 Å². The first-order valence-electron chi connectivity index (χ1n) is 11.6. The molecule has 37 heavy (non-hydrogen) atoms. The van der Waals surface area contributed by atoms with Crippen LogP contribution in [-0.2, 0) is 11.4 Å². The molecule has 5 nitrogen and oxygen atoms in total. The number of carbonyl (C=O) groups is 1. The molecule has 0 aliphatic rings. The van der Waals surface area contributed by atoms with Crippen molar-refractivity contribution < 1.29 is 9.53 Å². The molecule has 0 saturated heterocycles. The third kappa shape index (κ3) is 6.32. The number of carbonyl (C=O) groups excluding carboxylic acids is 1. The quantitative estimate of drug-likeness (QED) is 0.180. The lowest BCUT2D eigenvalue weighted by atomic mass is 10.1. The number of amides is 1. The second-order valence-electron chi connectivity index (χ2n) is 8.65. The minimum Gasteiger partial charge on any atom is -0.489 e. The number of aromatic nitrogens is 1. The lowest BCUT2D eigenvalue weighted by molar-refractivity contribution is -0.112. The second-order valence-corrected chi connectivity index (χ2v) is 10.0. The van der Waals surface area contributed by atoms with Crippen molar-refractivity contribution >= 4 is 45.2 Å². The summed E-state index contributed by atoms with van der Waals surface area (Å²) in [6, 6.07) is 25.1. The van der Waals surface area contributed by atoms with E-state index in [1.54, 1.807) is 18.2 Å². The first-order valence-corrected chi connectivity index (χ1v) is 12.8. The van der Waals surface area contributed by atoms with Crippen LogP contribution in [0.4, 0.5) is 5.69 Å². The van der Waals surface area contributed by atoms with Gasteiger partial charge in [-0.15, -0.1) is 0 Å². The van der Waals surface area contributed by atoms with Crippen LogP contribution in [-0.4, -0.2) is 10.5 Å². The van der Waals surface area contributed by atoms with E-state index in [2.05, 4.69) is 25.8 Å². The summed E-state index contributed by atoms with van der Waals surface area (Å²) < 4.78 is 9.04. The Morgan fingerprint density at radius 1 is 1.05 bits per heavy atom. The molecular weight excluding hydrogens is 550 g/mol. The first kappa shape index (κ1) is 26.3. The zero-order valence-electron chi connectivity index (χ0n) is 20.7. The van der Waals surface area contributed by atoms with Crippen molar-refractivity contribution in [1.82, 2.24) is 4.57 Å². The van der Waals surface area contributed by atoms with E-state index in [0.717, 1.165) is 44.0 Å². The zero-order valence-corrected chi connectivity index (χ0v) is 23.0. The summed E-state index contributed by atoms with van der Waals surface area (Å²) in [5, 5.41) is 13.0. The van der Waals surface area contributed by atoms with Gasteiger partial charge in [-0.05, 0) is 98.1 Å². The second kappa shape index (κ2) is 11.5. The van der Waals surface area contributed by atoms with Crippen molar-refractivity contribution in [2.45, 2.75) is 27.4 Å². The van der Waals surface area contributed by atoms with Gasteiger partial charge in [-0.3, -0.25) is 4.79 Å². The third-order valence-corrected chi connectivity index (χ3v) is 6.76. The van der Waals surface area contributed by atoms with E-state index >= 15 is 0 Å². The predicted molar refractivity (Wildman–Crippen MR) is 152 cm³/mol. The zero-order chi connectivity index (χ0) is 26.5. The van der Waals surface area contributed by atoms with E-state index < -0.39 is 5.91 Å². The number of anilines is 1. The Labute approximate surface area is 230 Å². The minimum atomic E-state index is -0.482. The van der Waals surface area contributed by atoms with Gasteiger partial charge in [-0.25, -0.2) is 0 Å². The summed E-state index contributed by atoms with van der Waals surface area (Å²) in [6.07, 6.45) is 1.61. The number of hydrogen-bond donors (Lipinski definition) is 1. The molecule has 0 bridgehead atoms. The largest absolute Gasteiger partial charge is 0.489 e. The van der Waals surface area contributed by atoms with Gasteiger partial charge in [0, 0.05) is 32.3 Å². The van der Waals surface area contributed by atoms with E-state index in [4.69, 9.17) is 16.3 Å². The smallest absolute Gasteiger partial charge is 0.266 e. The fourth-order valence-electron chi connectivity index (χ4n) is 3.99. The Kier molecular flexibility index (Phi) is 8.17. The summed E-state index contributed by atoms with van der Waals surface area (Å²) in [5.41, 5.74) is 6.19. The van der Waals surface area contributed by atoms with Crippen LogP contribution in [0, 0.1) is 32.1 Å². The summed E-state index contributed by atoms with van der Waals surface area (Å²) in [6.45, 7) is 6.30. The number of rotatable bonds is 7. The lowest BCUT2D eigenvalue weighted by Gasteiger charge is -2.12. The Morgan fingerprint density at radius 3 is 2.43 bits per heavy atom. The molecule has 1 aromatic heterocycles. The van der Waals surface area contributed by atoms with Crippen LogP contribution in [0.3, 0.4) is 0 Å². The van der Waals surface area contributed by atoms with Crippen molar-refractivity contribution in [3.05, 3.63) is 116 Å². The predicted octanol–water partition coefficient (Wildman–Crippen LogP) is 7.94. The Balaban J connectivity index is 1.52. The standard InChI is InChI=1S/C30H25BrClN3O2/c1-19-4-9-26(32)16-29(19)34-30(36)24(17-33)15-23-14-20(2)35(21(23)3)27-10-12-28(13-11-27)37-18-22-5-7-25(31)8-6-22/h4-16H,18H2,1-3H3,(H,34,36)/b24-15-. The number of aryl methyl sites for hydroxylation is 2. The summed E-state index contributed by atoms with van der Waals surface area (Å²) in [7, 11) is 0. The van der Waals surface area contributed by atoms with Crippen molar-refractivity contribution in [3.8, 4) is 17.5 Å². The van der Waals surface area contributed by atoms with E-state index in [1.807, 2.05) is 87.5 Å². The highest BCUT2D eigenvalue weighted by atomic mass is 79.9. The molecule has 0 unspecified atom stereocenters. The third-order valence-electron chi connectivity index (χ3n) is 6.00. The summed E-state index contributed by atoms with van der Waals surface area (Å²) in [5.74, 6) is 0.291. The monoisotopic (exact) mass is 573 g/mol. The maximum absolute atomic E-state index is 12.8.